The molecule has 1 saturated carbocycles. The van der Waals surface area contributed by atoms with E-state index in [9.17, 15) is 23.5 Å². The maximum Gasteiger partial charge on any atom is 0.337 e. The second-order valence-electron chi connectivity index (χ2n) is 8.08. The number of carboxylic acids is 1. The topological polar surface area (TPSA) is 88.5 Å². The van der Waals surface area contributed by atoms with E-state index in [-0.39, 0.29) is 23.4 Å². The van der Waals surface area contributed by atoms with Crippen LogP contribution in [0.3, 0.4) is 0 Å². The Morgan fingerprint density at radius 3 is 2.52 bits per heavy atom. The number of rotatable bonds is 8. The van der Waals surface area contributed by atoms with Crippen molar-refractivity contribution in [2.75, 3.05) is 11.9 Å². The number of pyridine rings is 1. The Hall–Kier alpha value is -3.65. The highest BCUT2D eigenvalue weighted by atomic mass is 19.1. The van der Waals surface area contributed by atoms with Crippen molar-refractivity contribution >= 4 is 17.6 Å². The molecule has 0 bridgehead atoms. The standard InChI is InChI=1S/C25H22F2N2O4/c1-14-20(25(31)32)9-18(11-28-14)16-5-7-22(26)21(8-16)24(30)29-19-6-4-17(23(27)10-19)13-33-12-15-2-3-15/h4-11,15H,2-3,12-13H2,1H3,(H,29,30)(H,31,32). The summed E-state index contributed by atoms with van der Waals surface area (Å²) in [5.41, 5.74) is 1.50. The van der Waals surface area contributed by atoms with Crippen molar-refractivity contribution in [2.24, 2.45) is 5.92 Å². The molecule has 2 aromatic carbocycles. The molecule has 6 nitrogen and oxygen atoms in total. The summed E-state index contributed by atoms with van der Waals surface area (Å²) in [6.45, 7) is 2.33. The predicted molar refractivity (Wildman–Crippen MR) is 118 cm³/mol. The van der Waals surface area contributed by atoms with Gasteiger partial charge in [-0.05, 0) is 61.6 Å². The number of halogens is 2. The molecule has 0 unspecified atom stereocenters. The number of aromatic carboxylic acids is 1. The molecule has 2 N–H and O–H groups in total. The number of benzene rings is 2. The summed E-state index contributed by atoms with van der Waals surface area (Å²) >= 11 is 0. The summed E-state index contributed by atoms with van der Waals surface area (Å²) in [5.74, 6) is -2.61. The van der Waals surface area contributed by atoms with Gasteiger partial charge in [-0.15, -0.1) is 0 Å². The lowest BCUT2D eigenvalue weighted by Gasteiger charge is -2.11. The van der Waals surface area contributed by atoms with E-state index in [0.717, 1.165) is 18.9 Å². The van der Waals surface area contributed by atoms with Crippen LogP contribution in [-0.2, 0) is 11.3 Å². The van der Waals surface area contributed by atoms with Gasteiger partial charge in [0.25, 0.3) is 5.91 Å². The van der Waals surface area contributed by atoms with Gasteiger partial charge in [0.1, 0.15) is 11.6 Å². The number of carbonyl (C=O) groups excluding carboxylic acids is 1. The van der Waals surface area contributed by atoms with Crippen molar-refractivity contribution in [1.82, 2.24) is 4.98 Å². The first-order chi connectivity index (χ1) is 15.8. The van der Waals surface area contributed by atoms with Gasteiger partial charge in [0.2, 0.25) is 0 Å². The van der Waals surface area contributed by atoms with Gasteiger partial charge in [-0.1, -0.05) is 12.1 Å². The minimum Gasteiger partial charge on any atom is -0.478 e. The zero-order chi connectivity index (χ0) is 23.5. The van der Waals surface area contributed by atoms with Crippen LogP contribution in [0.4, 0.5) is 14.5 Å². The molecular formula is C25H22F2N2O4. The average molecular weight is 452 g/mol. The summed E-state index contributed by atoms with van der Waals surface area (Å²) < 4.78 is 34.3. The number of carbonyl (C=O) groups is 2. The minimum absolute atomic E-state index is 0.0134. The zero-order valence-electron chi connectivity index (χ0n) is 17.9. The molecule has 0 radical (unpaired) electrons. The summed E-state index contributed by atoms with van der Waals surface area (Å²) in [6, 6.07) is 9.49. The second kappa shape index (κ2) is 9.46. The highest BCUT2D eigenvalue weighted by Gasteiger charge is 2.21. The van der Waals surface area contributed by atoms with Crippen LogP contribution in [0.2, 0.25) is 0 Å². The van der Waals surface area contributed by atoms with Crippen LogP contribution >= 0.6 is 0 Å². The Morgan fingerprint density at radius 2 is 1.82 bits per heavy atom. The van der Waals surface area contributed by atoms with Gasteiger partial charge in [0.05, 0.1) is 23.4 Å². The fourth-order valence-corrected chi connectivity index (χ4v) is 3.35. The first-order valence-corrected chi connectivity index (χ1v) is 10.5. The van der Waals surface area contributed by atoms with Gasteiger partial charge in [-0.25, -0.2) is 13.6 Å². The number of aromatic nitrogens is 1. The summed E-state index contributed by atoms with van der Waals surface area (Å²) in [7, 11) is 0. The van der Waals surface area contributed by atoms with Crippen LogP contribution < -0.4 is 5.32 Å². The van der Waals surface area contributed by atoms with Gasteiger partial charge < -0.3 is 15.2 Å². The summed E-state index contributed by atoms with van der Waals surface area (Å²) in [6.07, 6.45) is 3.74. The van der Waals surface area contributed by atoms with Crippen molar-refractivity contribution in [2.45, 2.75) is 26.4 Å². The van der Waals surface area contributed by atoms with Crippen molar-refractivity contribution in [1.29, 1.82) is 0 Å². The molecule has 170 valence electrons. The normalized spacial score (nSPS) is 13.1. The molecule has 0 atom stereocenters. The third-order valence-corrected chi connectivity index (χ3v) is 5.48. The van der Waals surface area contributed by atoms with Crippen LogP contribution in [0.5, 0.6) is 0 Å². The molecule has 1 amide bonds. The molecule has 33 heavy (non-hydrogen) atoms. The lowest BCUT2D eigenvalue weighted by Crippen LogP contribution is -2.14. The lowest BCUT2D eigenvalue weighted by atomic mass is 10.0. The minimum atomic E-state index is -1.13. The number of nitrogens with one attached hydrogen (secondary N) is 1. The van der Waals surface area contributed by atoms with Crippen LogP contribution in [0.15, 0.2) is 48.7 Å². The zero-order valence-corrected chi connectivity index (χ0v) is 17.9. The van der Waals surface area contributed by atoms with Gasteiger partial charge in [-0.2, -0.15) is 0 Å². The highest BCUT2D eigenvalue weighted by molar-refractivity contribution is 6.05. The number of ether oxygens (including phenoxy) is 1. The van der Waals surface area contributed by atoms with E-state index in [4.69, 9.17) is 4.74 Å². The smallest absolute Gasteiger partial charge is 0.337 e. The largest absolute Gasteiger partial charge is 0.478 e. The van der Waals surface area contributed by atoms with Crippen LogP contribution in [0, 0.1) is 24.5 Å². The Kier molecular flexibility index (Phi) is 6.46. The van der Waals surface area contributed by atoms with Crippen LogP contribution in [0.25, 0.3) is 11.1 Å². The van der Waals surface area contributed by atoms with Crippen LogP contribution in [-0.4, -0.2) is 28.6 Å². The molecule has 1 aromatic heterocycles. The molecule has 1 heterocycles. The molecular weight excluding hydrogens is 430 g/mol. The Labute approximate surface area is 189 Å². The van der Waals surface area contributed by atoms with E-state index in [0.29, 0.717) is 34.9 Å². The molecule has 0 aliphatic heterocycles. The lowest BCUT2D eigenvalue weighted by molar-refractivity contribution is 0.0695. The number of aryl methyl sites for hydroxylation is 1. The average Bonchev–Trinajstić information content (AvgIpc) is 3.60. The van der Waals surface area contributed by atoms with Crippen molar-refractivity contribution in [3.63, 3.8) is 0 Å². The van der Waals surface area contributed by atoms with Crippen molar-refractivity contribution in [3.8, 4) is 11.1 Å². The van der Waals surface area contributed by atoms with E-state index in [2.05, 4.69) is 10.3 Å². The summed E-state index contributed by atoms with van der Waals surface area (Å²) in [4.78, 5) is 28.1. The number of hydrogen-bond acceptors (Lipinski definition) is 4. The Balaban J connectivity index is 1.51. The number of carboxylic acid groups (broad SMARTS) is 1. The number of amides is 1. The first kappa shape index (κ1) is 22.5. The Morgan fingerprint density at radius 1 is 1.06 bits per heavy atom. The molecule has 3 aromatic rings. The van der Waals surface area contributed by atoms with Gasteiger partial charge >= 0.3 is 5.97 Å². The molecule has 1 aliphatic carbocycles. The molecule has 1 fully saturated rings. The highest BCUT2D eigenvalue weighted by Crippen LogP contribution is 2.29. The fraction of sp³-hybridized carbons (Fsp3) is 0.240. The van der Waals surface area contributed by atoms with E-state index >= 15 is 0 Å². The third-order valence-electron chi connectivity index (χ3n) is 5.48. The monoisotopic (exact) mass is 452 g/mol. The molecule has 1 aliphatic rings. The maximum absolute atomic E-state index is 14.4. The maximum atomic E-state index is 14.4. The molecule has 4 rings (SSSR count). The molecule has 0 spiro atoms. The van der Waals surface area contributed by atoms with Crippen molar-refractivity contribution in [3.05, 3.63) is 82.7 Å². The molecule has 0 saturated heterocycles. The van der Waals surface area contributed by atoms with E-state index in [1.54, 1.807) is 6.92 Å². The third kappa shape index (κ3) is 5.40. The molecule has 8 heteroatoms. The van der Waals surface area contributed by atoms with E-state index in [1.807, 2.05) is 0 Å². The first-order valence-electron chi connectivity index (χ1n) is 10.5. The quantitative estimate of drug-likeness (QED) is 0.490. The van der Waals surface area contributed by atoms with E-state index < -0.39 is 23.5 Å². The van der Waals surface area contributed by atoms with Gasteiger partial charge in [0, 0.05) is 29.6 Å². The number of hydrogen-bond donors (Lipinski definition) is 2. The predicted octanol–water partition coefficient (Wildman–Crippen LogP) is 5.21. The number of anilines is 1. The van der Waals surface area contributed by atoms with Crippen LogP contribution in [0.1, 0.15) is 44.8 Å². The second-order valence-corrected chi connectivity index (χ2v) is 8.08. The van der Waals surface area contributed by atoms with Gasteiger partial charge in [0.15, 0.2) is 0 Å². The van der Waals surface area contributed by atoms with E-state index in [1.165, 1.54) is 42.6 Å². The Bertz CT molecular complexity index is 1230. The fourth-order valence-electron chi connectivity index (χ4n) is 3.35. The summed E-state index contributed by atoms with van der Waals surface area (Å²) in [5, 5.41) is 11.8. The SMILES string of the molecule is Cc1ncc(-c2ccc(F)c(C(=O)Nc3ccc(COCC4CC4)c(F)c3)c2)cc1C(=O)O. The number of nitrogens with zero attached hydrogens (tertiary/aromatic N) is 1. The van der Waals surface area contributed by atoms with Crippen molar-refractivity contribution < 1.29 is 28.2 Å². The van der Waals surface area contributed by atoms with Gasteiger partial charge in [-0.3, -0.25) is 9.78 Å².